The van der Waals surface area contributed by atoms with Crippen molar-refractivity contribution in [3.8, 4) is 0 Å². The van der Waals surface area contributed by atoms with E-state index in [-0.39, 0.29) is 5.97 Å². The summed E-state index contributed by atoms with van der Waals surface area (Å²) in [7, 11) is 0. The monoisotopic (exact) mass is 240 g/mol. The van der Waals surface area contributed by atoms with Crippen molar-refractivity contribution in [2.24, 2.45) is 0 Å². The average molecular weight is 240 g/mol. The van der Waals surface area contributed by atoms with Crippen LogP contribution in [0.2, 0.25) is 0 Å². The number of nitrogens with zero attached hydrogens (tertiary/aromatic N) is 1. The smallest absolute Gasteiger partial charge is 0.358 e. The Hall–Kier alpha value is -0.940. The lowest BCUT2D eigenvalue weighted by Crippen LogP contribution is -2.27. The van der Waals surface area contributed by atoms with Gasteiger partial charge in [0.15, 0.2) is 5.69 Å². The number of hydrogen-bond donors (Lipinski definition) is 1. The van der Waals surface area contributed by atoms with E-state index in [1.165, 1.54) is 0 Å². The van der Waals surface area contributed by atoms with Gasteiger partial charge in [-0.15, -0.1) is 11.3 Å². The van der Waals surface area contributed by atoms with Gasteiger partial charge in [-0.1, -0.05) is 0 Å². The molecule has 1 saturated heterocycles. The molecule has 1 aromatic rings. The number of thiazole rings is 1. The van der Waals surface area contributed by atoms with Crippen LogP contribution in [0.5, 0.6) is 0 Å². The van der Waals surface area contributed by atoms with E-state index in [0.29, 0.717) is 18.2 Å². The van der Waals surface area contributed by atoms with Gasteiger partial charge >= 0.3 is 5.97 Å². The highest BCUT2D eigenvalue weighted by Crippen LogP contribution is 2.31. The van der Waals surface area contributed by atoms with Crippen LogP contribution < -0.4 is 5.32 Å². The topological polar surface area (TPSA) is 51.2 Å². The third-order valence-electron chi connectivity index (χ3n) is 2.77. The zero-order chi connectivity index (χ0) is 11.4. The Kier molecular flexibility index (Phi) is 3.90. The lowest BCUT2D eigenvalue weighted by Gasteiger charge is -2.21. The van der Waals surface area contributed by atoms with E-state index in [4.69, 9.17) is 4.74 Å². The van der Waals surface area contributed by atoms with Crippen LogP contribution >= 0.6 is 11.3 Å². The van der Waals surface area contributed by atoms with Crippen LogP contribution in [-0.4, -0.2) is 30.6 Å². The molecule has 1 N–H and O–H groups in total. The Labute approximate surface area is 99.0 Å². The van der Waals surface area contributed by atoms with Crippen LogP contribution in [0.15, 0.2) is 5.51 Å². The molecule has 0 aromatic carbocycles. The minimum Gasteiger partial charge on any atom is -0.461 e. The summed E-state index contributed by atoms with van der Waals surface area (Å²) in [5.41, 5.74) is 2.27. The molecule has 1 aliphatic rings. The minimum absolute atomic E-state index is 0.280. The molecule has 0 unspecified atom stereocenters. The van der Waals surface area contributed by atoms with Crippen LogP contribution in [0.3, 0.4) is 0 Å². The number of ether oxygens (including phenoxy) is 1. The van der Waals surface area contributed by atoms with Gasteiger partial charge in [0.25, 0.3) is 0 Å². The van der Waals surface area contributed by atoms with E-state index in [9.17, 15) is 4.79 Å². The normalized spacial score (nSPS) is 17.3. The first-order valence-corrected chi connectivity index (χ1v) is 6.52. The number of aromatic nitrogens is 1. The largest absolute Gasteiger partial charge is 0.461 e. The van der Waals surface area contributed by atoms with Gasteiger partial charge in [-0.05, 0) is 38.8 Å². The van der Waals surface area contributed by atoms with Crippen molar-refractivity contribution >= 4 is 17.3 Å². The van der Waals surface area contributed by atoms with Gasteiger partial charge in [-0.25, -0.2) is 9.78 Å². The Morgan fingerprint density at radius 2 is 2.38 bits per heavy atom. The van der Waals surface area contributed by atoms with Crippen LogP contribution in [0, 0.1) is 0 Å². The molecule has 5 heteroatoms. The van der Waals surface area contributed by atoms with E-state index in [1.807, 2.05) is 6.92 Å². The number of nitrogens with one attached hydrogen (secondary N) is 1. The van der Waals surface area contributed by atoms with Crippen LogP contribution in [0.25, 0.3) is 0 Å². The quantitative estimate of drug-likeness (QED) is 0.818. The third kappa shape index (κ3) is 2.41. The summed E-state index contributed by atoms with van der Waals surface area (Å²) in [6.45, 7) is 4.26. The summed E-state index contributed by atoms with van der Waals surface area (Å²) >= 11 is 1.57. The fraction of sp³-hybridized carbons (Fsp3) is 0.636. The zero-order valence-corrected chi connectivity index (χ0v) is 10.2. The molecule has 16 heavy (non-hydrogen) atoms. The molecule has 0 bridgehead atoms. The molecule has 0 spiro atoms. The number of carbonyl (C=O) groups excluding carboxylic acids is 1. The zero-order valence-electron chi connectivity index (χ0n) is 9.36. The molecule has 2 rings (SSSR count). The van der Waals surface area contributed by atoms with Crippen molar-refractivity contribution in [3.05, 3.63) is 16.1 Å². The molecule has 4 nitrogen and oxygen atoms in total. The molecule has 2 heterocycles. The molecule has 1 aliphatic heterocycles. The first-order valence-electron chi connectivity index (χ1n) is 5.64. The second-order valence-corrected chi connectivity index (χ2v) is 4.70. The molecule has 0 radical (unpaired) electrons. The van der Waals surface area contributed by atoms with Crippen molar-refractivity contribution in [3.63, 3.8) is 0 Å². The van der Waals surface area contributed by atoms with E-state index >= 15 is 0 Å². The Morgan fingerprint density at radius 1 is 1.62 bits per heavy atom. The van der Waals surface area contributed by atoms with Gasteiger partial charge in [0.1, 0.15) is 0 Å². The predicted octanol–water partition coefficient (Wildman–Crippen LogP) is 1.79. The summed E-state index contributed by atoms with van der Waals surface area (Å²) in [6.07, 6.45) is 2.16. The van der Waals surface area contributed by atoms with Gasteiger partial charge in [0, 0.05) is 4.88 Å². The fourth-order valence-electron chi connectivity index (χ4n) is 1.98. The summed E-state index contributed by atoms with van der Waals surface area (Å²) in [4.78, 5) is 16.9. The molecule has 0 amide bonds. The number of piperidine rings is 1. The molecule has 0 saturated carbocycles. The van der Waals surface area contributed by atoms with Crippen molar-refractivity contribution in [2.75, 3.05) is 19.7 Å². The highest BCUT2D eigenvalue weighted by atomic mass is 32.1. The first kappa shape index (κ1) is 11.5. The Balaban J connectivity index is 2.14. The van der Waals surface area contributed by atoms with E-state index in [1.54, 1.807) is 16.8 Å². The second kappa shape index (κ2) is 5.41. The van der Waals surface area contributed by atoms with Gasteiger partial charge in [-0.3, -0.25) is 0 Å². The lowest BCUT2D eigenvalue weighted by atomic mass is 9.95. The molecular formula is C11H16N2O2S. The van der Waals surface area contributed by atoms with Crippen LogP contribution in [0.1, 0.15) is 41.0 Å². The molecule has 0 aliphatic carbocycles. The predicted molar refractivity (Wildman–Crippen MR) is 62.9 cm³/mol. The molecule has 1 fully saturated rings. The van der Waals surface area contributed by atoms with Crippen LogP contribution in [0.4, 0.5) is 0 Å². The highest BCUT2D eigenvalue weighted by molar-refractivity contribution is 7.10. The number of hydrogen-bond acceptors (Lipinski definition) is 5. The standard InChI is InChI=1S/C11H16N2O2S/c1-2-15-11(14)9-10(16-7-13-9)8-3-5-12-6-4-8/h7-8,12H,2-6H2,1H3. The summed E-state index contributed by atoms with van der Waals surface area (Å²) in [6, 6.07) is 0. The highest BCUT2D eigenvalue weighted by Gasteiger charge is 2.24. The van der Waals surface area contributed by atoms with Gasteiger partial charge in [-0.2, -0.15) is 0 Å². The minimum atomic E-state index is -0.280. The number of carbonyl (C=O) groups is 1. The summed E-state index contributed by atoms with van der Waals surface area (Å²) in [5.74, 6) is 0.186. The van der Waals surface area contributed by atoms with Crippen molar-refractivity contribution in [1.29, 1.82) is 0 Å². The SMILES string of the molecule is CCOC(=O)c1ncsc1C1CCNCC1. The fourth-order valence-corrected chi connectivity index (χ4v) is 2.93. The second-order valence-electron chi connectivity index (χ2n) is 3.81. The molecule has 88 valence electrons. The maximum absolute atomic E-state index is 11.7. The van der Waals surface area contributed by atoms with E-state index in [2.05, 4.69) is 10.3 Å². The van der Waals surface area contributed by atoms with Crippen molar-refractivity contribution in [1.82, 2.24) is 10.3 Å². The maximum Gasteiger partial charge on any atom is 0.358 e. The average Bonchev–Trinajstić information content (AvgIpc) is 2.79. The molecule has 1 aromatic heterocycles. The summed E-state index contributed by atoms with van der Waals surface area (Å²) in [5, 5.41) is 3.32. The van der Waals surface area contributed by atoms with Crippen molar-refractivity contribution < 1.29 is 9.53 Å². The van der Waals surface area contributed by atoms with Gasteiger partial charge in [0.2, 0.25) is 0 Å². The van der Waals surface area contributed by atoms with Gasteiger partial charge < -0.3 is 10.1 Å². The van der Waals surface area contributed by atoms with Crippen LogP contribution in [-0.2, 0) is 4.74 Å². The van der Waals surface area contributed by atoms with Crippen molar-refractivity contribution in [2.45, 2.75) is 25.7 Å². The number of rotatable bonds is 3. The Bertz CT molecular complexity index is 359. The third-order valence-corrected chi connectivity index (χ3v) is 3.77. The van der Waals surface area contributed by atoms with E-state index < -0.39 is 0 Å². The van der Waals surface area contributed by atoms with E-state index in [0.717, 1.165) is 30.8 Å². The molecular weight excluding hydrogens is 224 g/mol. The lowest BCUT2D eigenvalue weighted by molar-refractivity contribution is 0.0518. The Morgan fingerprint density at radius 3 is 3.06 bits per heavy atom. The maximum atomic E-state index is 11.7. The number of esters is 1. The summed E-state index contributed by atoms with van der Waals surface area (Å²) < 4.78 is 5.01. The molecule has 0 atom stereocenters. The van der Waals surface area contributed by atoms with Gasteiger partial charge in [0.05, 0.1) is 12.1 Å². The first-order chi connectivity index (χ1) is 7.83.